The number of thiophene rings is 2. The second-order valence-electron chi connectivity index (χ2n) is 4.48. The summed E-state index contributed by atoms with van der Waals surface area (Å²) in [5, 5.41) is 6.06. The number of unbranched alkanes of at least 4 members (excludes halogenated alkanes) is 1. The van der Waals surface area contributed by atoms with E-state index in [4.69, 9.17) is 0 Å². The van der Waals surface area contributed by atoms with E-state index < -0.39 is 0 Å². The molecule has 0 aromatic carbocycles. The zero-order valence-corrected chi connectivity index (χ0v) is 11.8. The molecule has 0 bridgehead atoms. The lowest BCUT2D eigenvalue weighted by Gasteiger charge is -2.13. The molecule has 2 heteroatoms. The van der Waals surface area contributed by atoms with Gasteiger partial charge in [0.25, 0.3) is 0 Å². The summed E-state index contributed by atoms with van der Waals surface area (Å²) in [5.41, 5.74) is 0. The molecule has 2 heterocycles. The van der Waals surface area contributed by atoms with Crippen molar-refractivity contribution in [2.45, 2.75) is 46.0 Å². The largest absolute Gasteiger partial charge is 0.147 e. The molecular weight excluding hydrogens is 232 g/mol. The molecule has 2 rings (SSSR count). The average molecular weight is 252 g/mol. The van der Waals surface area contributed by atoms with E-state index in [0.717, 1.165) is 5.92 Å². The van der Waals surface area contributed by atoms with Gasteiger partial charge in [-0.15, -0.1) is 22.7 Å². The molecule has 0 aliphatic rings. The predicted molar refractivity (Wildman–Crippen MR) is 76.7 cm³/mol. The first-order chi connectivity index (χ1) is 7.85. The van der Waals surface area contributed by atoms with Gasteiger partial charge in [-0.2, -0.15) is 0 Å². The molecule has 0 fully saturated rings. The van der Waals surface area contributed by atoms with Crippen molar-refractivity contribution < 1.29 is 0 Å². The summed E-state index contributed by atoms with van der Waals surface area (Å²) < 4.78 is 1.48. The van der Waals surface area contributed by atoms with Crippen molar-refractivity contribution in [2.75, 3.05) is 0 Å². The van der Waals surface area contributed by atoms with Gasteiger partial charge in [0, 0.05) is 20.3 Å². The van der Waals surface area contributed by atoms with E-state index in [2.05, 4.69) is 30.7 Å². The highest BCUT2D eigenvalue weighted by molar-refractivity contribution is 7.22. The molecule has 88 valence electrons. The van der Waals surface area contributed by atoms with Crippen LogP contribution in [-0.2, 0) is 6.42 Å². The number of rotatable bonds is 6. The van der Waals surface area contributed by atoms with Crippen molar-refractivity contribution in [1.29, 1.82) is 0 Å². The monoisotopic (exact) mass is 252 g/mol. The molecule has 0 spiro atoms. The second-order valence-corrected chi connectivity index (χ2v) is 6.39. The van der Waals surface area contributed by atoms with Crippen LogP contribution in [0.25, 0.3) is 10.1 Å². The number of hydrogen-bond acceptors (Lipinski definition) is 2. The van der Waals surface area contributed by atoms with Gasteiger partial charge in [0.1, 0.15) is 0 Å². The zero-order valence-electron chi connectivity index (χ0n) is 10.2. The summed E-state index contributed by atoms with van der Waals surface area (Å²) in [6, 6.07) is 2.29. The average Bonchev–Trinajstić information content (AvgIpc) is 2.88. The molecule has 16 heavy (non-hydrogen) atoms. The van der Waals surface area contributed by atoms with Crippen LogP contribution in [0, 0.1) is 5.92 Å². The van der Waals surface area contributed by atoms with E-state index in [1.54, 1.807) is 4.88 Å². The molecule has 0 nitrogen and oxygen atoms in total. The lowest BCUT2D eigenvalue weighted by atomic mass is 9.94. The Kier molecular flexibility index (Phi) is 4.42. The van der Waals surface area contributed by atoms with Crippen LogP contribution in [0.4, 0.5) is 0 Å². The minimum absolute atomic E-state index is 0.890. The summed E-state index contributed by atoms with van der Waals surface area (Å²) in [7, 11) is 0. The van der Waals surface area contributed by atoms with Gasteiger partial charge < -0.3 is 0 Å². The summed E-state index contributed by atoms with van der Waals surface area (Å²) >= 11 is 3.83. The van der Waals surface area contributed by atoms with Gasteiger partial charge in [0.05, 0.1) is 0 Å². The molecule has 0 saturated carbocycles. The van der Waals surface area contributed by atoms with Crippen molar-refractivity contribution in [3.05, 3.63) is 21.7 Å². The van der Waals surface area contributed by atoms with Crippen molar-refractivity contribution in [2.24, 2.45) is 5.92 Å². The third-order valence-electron chi connectivity index (χ3n) is 3.32. The molecular formula is C14H20S2. The molecule has 0 aliphatic heterocycles. The van der Waals surface area contributed by atoms with Crippen molar-refractivity contribution in [3.8, 4) is 0 Å². The van der Waals surface area contributed by atoms with Crippen molar-refractivity contribution in [3.63, 3.8) is 0 Å². The Hall–Kier alpha value is -0.340. The Bertz CT molecular complexity index is 425. The topological polar surface area (TPSA) is 0 Å². The maximum Gasteiger partial charge on any atom is 0.0452 e. The normalized spacial score (nSPS) is 13.4. The van der Waals surface area contributed by atoms with Crippen molar-refractivity contribution >= 4 is 32.8 Å². The first kappa shape index (κ1) is 12.1. The van der Waals surface area contributed by atoms with Crippen LogP contribution < -0.4 is 0 Å². The SMILES string of the molecule is CCCCC(CC)Cc1scc2sccc12. The molecule has 0 amide bonds. The highest BCUT2D eigenvalue weighted by Gasteiger charge is 2.11. The fourth-order valence-electron chi connectivity index (χ4n) is 2.19. The van der Waals surface area contributed by atoms with Gasteiger partial charge in [0.15, 0.2) is 0 Å². The first-order valence-corrected chi connectivity index (χ1v) is 8.04. The Morgan fingerprint density at radius 3 is 2.88 bits per heavy atom. The lowest BCUT2D eigenvalue weighted by molar-refractivity contribution is 0.453. The molecule has 0 N–H and O–H groups in total. The van der Waals surface area contributed by atoms with Gasteiger partial charge >= 0.3 is 0 Å². The molecule has 1 unspecified atom stereocenters. The maximum atomic E-state index is 2.33. The molecule has 2 aromatic heterocycles. The maximum absolute atomic E-state index is 2.33. The minimum Gasteiger partial charge on any atom is -0.147 e. The zero-order chi connectivity index (χ0) is 11.4. The van der Waals surface area contributed by atoms with Crippen molar-refractivity contribution in [1.82, 2.24) is 0 Å². The van der Waals surface area contributed by atoms with Crippen LogP contribution in [0.2, 0.25) is 0 Å². The standard InChI is InChI=1S/C14H20S2/c1-3-5-6-11(4-2)9-13-12-7-8-15-14(12)10-16-13/h7-8,10-11H,3-6,9H2,1-2H3. The Morgan fingerprint density at radius 1 is 1.25 bits per heavy atom. The smallest absolute Gasteiger partial charge is 0.0452 e. The van der Waals surface area contributed by atoms with E-state index in [1.807, 2.05) is 22.7 Å². The summed E-state index contributed by atoms with van der Waals surface area (Å²) in [4.78, 5) is 1.61. The lowest BCUT2D eigenvalue weighted by Crippen LogP contribution is -2.02. The second kappa shape index (κ2) is 5.83. The van der Waals surface area contributed by atoms with Gasteiger partial charge in [-0.1, -0.05) is 39.5 Å². The molecule has 2 aromatic rings. The van der Waals surface area contributed by atoms with Gasteiger partial charge in [-0.3, -0.25) is 0 Å². The number of hydrogen-bond donors (Lipinski definition) is 0. The van der Waals surface area contributed by atoms with Gasteiger partial charge in [0.2, 0.25) is 0 Å². The Morgan fingerprint density at radius 2 is 2.12 bits per heavy atom. The van der Waals surface area contributed by atoms with Crippen LogP contribution >= 0.6 is 22.7 Å². The molecule has 0 radical (unpaired) electrons. The van der Waals surface area contributed by atoms with Crippen LogP contribution in [0.5, 0.6) is 0 Å². The van der Waals surface area contributed by atoms with E-state index >= 15 is 0 Å². The van der Waals surface area contributed by atoms with E-state index in [1.165, 1.54) is 42.2 Å². The first-order valence-electron chi connectivity index (χ1n) is 6.28. The van der Waals surface area contributed by atoms with Crippen LogP contribution in [0.15, 0.2) is 16.8 Å². The summed E-state index contributed by atoms with van der Waals surface area (Å²) in [6.45, 7) is 4.62. The molecule has 1 atom stereocenters. The third kappa shape index (κ3) is 2.67. The Balaban J connectivity index is 2.05. The fourth-order valence-corrected chi connectivity index (χ4v) is 4.31. The van der Waals surface area contributed by atoms with E-state index in [-0.39, 0.29) is 0 Å². The van der Waals surface area contributed by atoms with E-state index in [0.29, 0.717) is 0 Å². The highest BCUT2D eigenvalue weighted by Crippen LogP contribution is 2.33. The van der Waals surface area contributed by atoms with Gasteiger partial charge in [-0.05, 0) is 23.8 Å². The molecule has 0 aliphatic carbocycles. The van der Waals surface area contributed by atoms with Crippen LogP contribution in [-0.4, -0.2) is 0 Å². The van der Waals surface area contributed by atoms with Gasteiger partial charge in [-0.25, -0.2) is 0 Å². The third-order valence-corrected chi connectivity index (χ3v) is 5.36. The Labute approximate surface area is 106 Å². The minimum atomic E-state index is 0.890. The van der Waals surface area contributed by atoms with E-state index in [9.17, 15) is 0 Å². The van der Waals surface area contributed by atoms with Crippen LogP contribution in [0.1, 0.15) is 44.4 Å². The quantitative estimate of drug-likeness (QED) is 0.616. The fraction of sp³-hybridized carbons (Fsp3) is 0.571. The predicted octanol–water partition coefficient (Wildman–Crippen LogP) is 5.72. The number of fused-ring (bicyclic) bond motifs is 1. The highest BCUT2D eigenvalue weighted by atomic mass is 32.1. The summed E-state index contributed by atoms with van der Waals surface area (Å²) in [6.07, 6.45) is 6.73. The van der Waals surface area contributed by atoms with Crippen LogP contribution in [0.3, 0.4) is 0 Å². The molecule has 0 saturated heterocycles. The summed E-state index contributed by atoms with van der Waals surface area (Å²) in [5.74, 6) is 0.890.